The van der Waals surface area contributed by atoms with Gasteiger partial charge in [0, 0.05) is 25.9 Å². The fourth-order valence-corrected chi connectivity index (χ4v) is 2.92. The summed E-state index contributed by atoms with van der Waals surface area (Å²) < 4.78 is 5.30. The van der Waals surface area contributed by atoms with Crippen molar-refractivity contribution in [2.45, 2.75) is 6.54 Å². The SMILES string of the molecule is Cn1c(Cn2cnc3c(cnn3-c3ccccc3)c2=O)cc(=O)n(C)c1=O. The van der Waals surface area contributed by atoms with Crippen LogP contribution in [0.5, 0.6) is 0 Å². The molecule has 3 aromatic heterocycles. The zero-order chi connectivity index (χ0) is 19.1. The molecule has 27 heavy (non-hydrogen) atoms. The molecule has 0 aliphatic heterocycles. The van der Waals surface area contributed by atoms with Crippen LogP contribution in [0, 0.1) is 0 Å². The molecule has 0 bridgehead atoms. The number of hydrogen-bond acceptors (Lipinski definition) is 5. The quantitative estimate of drug-likeness (QED) is 0.511. The minimum absolute atomic E-state index is 0.0557. The van der Waals surface area contributed by atoms with Crippen LogP contribution in [0.15, 0.2) is 63.3 Å². The van der Waals surface area contributed by atoms with Crippen molar-refractivity contribution in [2.24, 2.45) is 14.1 Å². The first-order valence-corrected chi connectivity index (χ1v) is 8.22. The highest BCUT2D eigenvalue weighted by Gasteiger charge is 2.13. The molecule has 0 amide bonds. The molecule has 9 nitrogen and oxygen atoms in total. The smallest absolute Gasteiger partial charge is 0.299 e. The first-order valence-electron chi connectivity index (χ1n) is 8.22. The van der Waals surface area contributed by atoms with E-state index in [1.54, 1.807) is 11.7 Å². The van der Waals surface area contributed by atoms with E-state index in [1.165, 1.54) is 34.8 Å². The number of fused-ring (bicyclic) bond motifs is 1. The topological polar surface area (TPSA) is 96.7 Å². The van der Waals surface area contributed by atoms with Crippen LogP contribution in [-0.2, 0) is 20.6 Å². The first-order chi connectivity index (χ1) is 13.0. The Labute approximate surface area is 152 Å². The van der Waals surface area contributed by atoms with E-state index in [1.807, 2.05) is 30.3 Å². The van der Waals surface area contributed by atoms with E-state index in [4.69, 9.17) is 0 Å². The number of benzene rings is 1. The van der Waals surface area contributed by atoms with Crippen LogP contribution in [0.3, 0.4) is 0 Å². The zero-order valence-corrected chi connectivity index (χ0v) is 14.7. The summed E-state index contributed by atoms with van der Waals surface area (Å²) in [6.07, 6.45) is 2.87. The number of nitrogens with zero attached hydrogens (tertiary/aromatic N) is 6. The minimum Gasteiger partial charge on any atom is -0.299 e. The largest absolute Gasteiger partial charge is 0.330 e. The molecular formula is C18H16N6O3. The third-order valence-corrected chi connectivity index (χ3v) is 4.51. The van der Waals surface area contributed by atoms with Gasteiger partial charge in [0.15, 0.2) is 5.65 Å². The lowest BCUT2D eigenvalue weighted by atomic mass is 10.3. The van der Waals surface area contributed by atoms with Crippen molar-refractivity contribution in [3.8, 4) is 5.69 Å². The van der Waals surface area contributed by atoms with E-state index in [2.05, 4.69) is 10.1 Å². The summed E-state index contributed by atoms with van der Waals surface area (Å²) >= 11 is 0. The summed E-state index contributed by atoms with van der Waals surface area (Å²) in [6, 6.07) is 10.7. The summed E-state index contributed by atoms with van der Waals surface area (Å²) in [5.74, 6) is 0. The van der Waals surface area contributed by atoms with Crippen LogP contribution in [0.2, 0.25) is 0 Å². The van der Waals surface area contributed by atoms with Crippen LogP contribution < -0.4 is 16.8 Å². The molecule has 0 radical (unpaired) electrons. The molecule has 0 aliphatic rings. The Bertz CT molecular complexity index is 1330. The molecule has 0 atom stereocenters. The molecule has 136 valence electrons. The Hall–Kier alpha value is -3.75. The highest BCUT2D eigenvalue weighted by atomic mass is 16.2. The lowest BCUT2D eigenvalue weighted by Gasteiger charge is -2.11. The molecule has 0 spiro atoms. The van der Waals surface area contributed by atoms with Crippen molar-refractivity contribution in [1.82, 2.24) is 28.5 Å². The first kappa shape index (κ1) is 16.7. The molecule has 4 rings (SSSR count). The number of para-hydroxylation sites is 1. The minimum atomic E-state index is -0.448. The Kier molecular flexibility index (Phi) is 3.84. The summed E-state index contributed by atoms with van der Waals surface area (Å²) in [7, 11) is 2.97. The van der Waals surface area contributed by atoms with E-state index in [0.717, 1.165) is 10.3 Å². The second kappa shape index (κ2) is 6.20. The second-order valence-corrected chi connectivity index (χ2v) is 6.18. The Balaban J connectivity index is 1.82. The van der Waals surface area contributed by atoms with Gasteiger partial charge >= 0.3 is 5.69 Å². The van der Waals surface area contributed by atoms with Gasteiger partial charge in [0.05, 0.1) is 18.4 Å². The maximum absolute atomic E-state index is 12.8. The van der Waals surface area contributed by atoms with Gasteiger partial charge in [-0.25, -0.2) is 14.5 Å². The van der Waals surface area contributed by atoms with Crippen LogP contribution in [0.1, 0.15) is 5.69 Å². The van der Waals surface area contributed by atoms with Crippen molar-refractivity contribution in [1.29, 1.82) is 0 Å². The normalized spacial score (nSPS) is 11.2. The summed E-state index contributed by atoms with van der Waals surface area (Å²) in [4.78, 5) is 41.1. The predicted molar refractivity (Wildman–Crippen MR) is 99.2 cm³/mol. The maximum atomic E-state index is 12.8. The van der Waals surface area contributed by atoms with Crippen molar-refractivity contribution in [3.63, 3.8) is 0 Å². The van der Waals surface area contributed by atoms with Crippen molar-refractivity contribution < 1.29 is 0 Å². The van der Waals surface area contributed by atoms with Crippen LogP contribution in [-0.4, -0.2) is 28.5 Å². The monoisotopic (exact) mass is 364 g/mol. The molecule has 0 fully saturated rings. The lowest BCUT2D eigenvalue weighted by molar-refractivity contribution is 0.615. The summed E-state index contributed by atoms with van der Waals surface area (Å²) in [6.45, 7) is 0.0557. The second-order valence-electron chi connectivity index (χ2n) is 6.18. The lowest BCUT2D eigenvalue weighted by Crippen LogP contribution is -2.39. The van der Waals surface area contributed by atoms with Gasteiger partial charge in [-0.05, 0) is 12.1 Å². The number of hydrogen-bond donors (Lipinski definition) is 0. The average molecular weight is 364 g/mol. The summed E-state index contributed by atoms with van der Waals surface area (Å²) in [5, 5.41) is 4.62. The van der Waals surface area contributed by atoms with Gasteiger partial charge in [-0.3, -0.25) is 23.3 Å². The maximum Gasteiger partial charge on any atom is 0.330 e. The van der Waals surface area contributed by atoms with E-state index < -0.39 is 11.2 Å². The van der Waals surface area contributed by atoms with E-state index in [-0.39, 0.29) is 12.1 Å². The molecule has 3 heterocycles. The van der Waals surface area contributed by atoms with Gasteiger partial charge in [-0.2, -0.15) is 5.10 Å². The fraction of sp³-hybridized carbons (Fsp3) is 0.167. The van der Waals surface area contributed by atoms with Gasteiger partial charge in [0.1, 0.15) is 11.7 Å². The third kappa shape index (κ3) is 2.69. The molecular weight excluding hydrogens is 348 g/mol. The van der Waals surface area contributed by atoms with Gasteiger partial charge in [0.2, 0.25) is 0 Å². The van der Waals surface area contributed by atoms with Gasteiger partial charge < -0.3 is 0 Å². The Morgan fingerprint density at radius 3 is 2.48 bits per heavy atom. The summed E-state index contributed by atoms with van der Waals surface area (Å²) in [5.41, 5.74) is 0.493. The predicted octanol–water partition coefficient (Wildman–Crippen LogP) is 0.0279. The zero-order valence-electron chi connectivity index (χ0n) is 14.7. The average Bonchev–Trinajstić information content (AvgIpc) is 3.12. The number of aromatic nitrogens is 6. The molecule has 1 aromatic carbocycles. The van der Waals surface area contributed by atoms with Gasteiger partial charge in [-0.15, -0.1) is 0 Å². The molecule has 0 unspecified atom stereocenters. The third-order valence-electron chi connectivity index (χ3n) is 4.51. The van der Waals surface area contributed by atoms with E-state index >= 15 is 0 Å². The standard InChI is InChI=1S/C18H16N6O3/c1-21-13(8-15(25)22(2)18(21)27)10-23-11-19-16-14(17(23)26)9-20-24(16)12-6-4-3-5-7-12/h3-9,11H,10H2,1-2H3. The van der Waals surface area contributed by atoms with Crippen molar-refractivity contribution in [3.05, 3.63) is 85.8 Å². The van der Waals surface area contributed by atoms with Gasteiger partial charge in [-0.1, -0.05) is 18.2 Å². The van der Waals surface area contributed by atoms with Crippen molar-refractivity contribution >= 4 is 11.0 Å². The molecule has 0 saturated heterocycles. The molecule has 4 aromatic rings. The molecule has 0 aliphatic carbocycles. The van der Waals surface area contributed by atoms with Gasteiger partial charge in [0.25, 0.3) is 11.1 Å². The Morgan fingerprint density at radius 2 is 1.74 bits per heavy atom. The highest BCUT2D eigenvalue weighted by Crippen LogP contribution is 2.13. The molecule has 9 heteroatoms. The van der Waals surface area contributed by atoms with E-state index in [0.29, 0.717) is 16.7 Å². The van der Waals surface area contributed by atoms with Crippen LogP contribution in [0.4, 0.5) is 0 Å². The van der Waals surface area contributed by atoms with E-state index in [9.17, 15) is 14.4 Å². The fourth-order valence-electron chi connectivity index (χ4n) is 2.92. The number of rotatable bonds is 3. The van der Waals surface area contributed by atoms with Crippen LogP contribution >= 0.6 is 0 Å². The van der Waals surface area contributed by atoms with Crippen LogP contribution in [0.25, 0.3) is 16.7 Å². The molecule has 0 saturated carbocycles. The molecule has 0 N–H and O–H groups in total. The Morgan fingerprint density at radius 1 is 1.00 bits per heavy atom. The highest BCUT2D eigenvalue weighted by molar-refractivity contribution is 5.74. The van der Waals surface area contributed by atoms with Crippen molar-refractivity contribution in [2.75, 3.05) is 0 Å².